The number of ether oxygens (including phenoxy) is 1. The Labute approximate surface area is 82.6 Å². The van der Waals surface area contributed by atoms with Crippen molar-refractivity contribution in [1.82, 2.24) is 0 Å². The molecule has 0 unspecified atom stereocenters. The van der Waals surface area contributed by atoms with E-state index >= 15 is 0 Å². The lowest BCUT2D eigenvalue weighted by atomic mass is 10.1. The number of halogens is 1. The van der Waals surface area contributed by atoms with Crippen LogP contribution in [-0.4, -0.2) is 12.9 Å². The maximum atomic E-state index is 10.6. The van der Waals surface area contributed by atoms with Crippen molar-refractivity contribution >= 4 is 24.8 Å². The van der Waals surface area contributed by atoms with E-state index in [9.17, 15) is 4.79 Å². The van der Waals surface area contributed by atoms with Gasteiger partial charge in [0.15, 0.2) is 6.29 Å². The first kappa shape index (κ1) is 9.81. The molecule has 1 aliphatic rings. The van der Waals surface area contributed by atoms with Gasteiger partial charge in [0, 0.05) is 5.56 Å². The van der Waals surface area contributed by atoms with E-state index in [1.54, 1.807) is 6.07 Å². The molecule has 0 aromatic heterocycles. The van der Waals surface area contributed by atoms with Crippen LogP contribution in [0.5, 0.6) is 5.75 Å². The van der Waals surface area contributed by atoms with Crippen molar-refractivity contribution in [2.45, 2.75) is 0 Å². The number of hydrogen-bond acceptors (Lipinski definition) is 2. The van der Waals surface area contributed by atoms with Crippen molar-refractivity contribution in [2.75, 3.05) is 6.61 Å². The smallest absolute Gasteiger partial charge is 0.153 e. The number of carbonyl (C=O) groups is 1. The Morgan fingerprint density at radius 2 is 2.23 bits per heavy atom. The molecule has 0 fully saturated rings. The second-order valence-electron chi connectivity index (χ2n) is 2.60. The molecular weight excluding hydrogens is 188 g/mol. The van der Waals surface area contributed by atoms with Crippen LogP contribution in [0.25, 0.3) is 6.08 Å². The van der Waals surface area contributed by atoms with Gasteiger partial charge in [-0.2, -0.15) is 0 Å². The Morgan fingerprint density at radius 1 is 1.38 bits per heavy atom. The number of benzene rings is 1. The highest BCUT2D eigenvalue weighted by molar-refractivity contribution is 5.85. The minimum atomic E-state index is 0. The summed E-state index contributed by atoms with van der Waals surface area (Å²) in [4.78, 5) is 10.6. The molecule has 0 spiro atoms. The molecule has 0 atom stereocenters. The summed E-state index contributed by atoms with van der Waals surface area (Å²) in [6, 6.07) is 5.53. The van der Waals surface area contributed by atoms with Gasteiger partial charge < -0.3 is 4.74 Å². The zero-order valence-corrected chi connectivity index (χ0v) is 7.71. The quantitative estimate of drug-likeness (QED) is 0.645. The summed E-state index contributed by atoms with van der Waals surface area (Å²) in [6.07, 6.45) is 4.71. The number of carbonyl (C=O) groups excluding carboxylic acids is 1. The van der Waals surface area contributed by atoms with Gasteiger partial charge in [-0.25, -0.2) is 0 Å². The maximum Gasteiger partial charge on any atom is 0.153 e. The first-order valence-corrected chi connectivity index (χ1v) is 3.79. The van der Waals surface area contributed by atoms with E-state index in [0.717, 1.165) is 11.8 Å². The van der Waals surface area contributed by atoms with Gasteiger partial charge in [-0.3, -0.25) is 4.79 Å². The Morgan fingerprint density at radius 3 is 3.00 bits per heavy atom. The summed E-state index contributed by atoms with van der Waals surface area (Å²) < 4.78 is 5.33. The second-order valence-corrected chi connectivity index (χ2v) is 2.60. The lowest BCUT2D eigenvalue weighted by Crippen LogP contribution is -2.02. The third-order valence-electron chi connectivity index (χ3n) is 1.82. The predicted molar refractivity (Wildman–Crippen MR) is 53.6 cm³/mol. The Balaban J connectivity index is 0.000000845. The summed E-state index contributed by atoms with van der Waals surface area (Å²) in [6.45, 7) is 0.553. The van der Waals surface area contributed by atoms with Crippen LogP contribution in [0.15, 0.2) is 24.3 Å². The molecule has 1 heterocycles. The third-order valence-corrected chi connectivity index (χ3v) is 1.82. The highest BCUT2D eigenvalue weighted by Crippen LogP contribution is 2.26. The van der Waals surface area contributed by atoms with Gasteiger partial charge in [0.1, 0.15) is 12.4 Å². The molecule has 0 amide bonds. The third kappa shape index (κ3) is 1.73. The highest BCUT2D eigenvalue weighted by atomic mass is 35.5. The van der Waals surface area contributed by atoms with Gasteiger partial charge >= 0.3 is 0 Å². The van der Waals surface area contributed by atoms with Crippen molar-refractivity contribution in [1.29, 1.82) is 0 Å². The molecule has 1 aliphatic heterocycles. The van der Waals surface area contributed by atoms with Crippen molar-refractivity contribution in [3.8, 4) is 5.75 Å². The summed E-state index contributed by atoms with van der Waals surface area (Å²) in [7, 11) is 0. The summed E-state index contributed by atoms with van der Waals surface area (Å²) in [5.41, 5.74) is 1.60. The average molecular weight is 197 g/mol. The molecule has 1 aromatic rings. The SMILES string of the molecule is Cl.O=Cc1cccc2c1OCC=C2. The van der Waals surface area contributed by atoms with Crippen molar-refractivity contribution in [3.63, 3.8) is 0 Å². The number of hydrogen-bond donors (Lipinski definition) is 0. The molecule has 68 valence electrons. The number of rotatable bonds is 1. The van der Waals surface area contributed by atoms with Crippen LogP contribution < -0.4 is 4.74 Å². The van der Waals surface area contributed by atoms with Crippen LogP contribution in [0, 0.1) is 0 Å². The molecule has 0 N–H and O–H groups in total. The van der Waals surface area contributed by atoms with Gasteiger partial charge in [0.2, 0.25) is 0 Å². The van der Waals surface area contributed by atoms with E-state index in [2.05, 4.69) is 0 Å². The van der Waals surface area contributed by atoms with Crippen LogP contribution in [0.3, 0.4) is 0 Å². The summed E-state index contributed by atoms with van der Waals surface area (Å²) >= 11 is 0. The van der Waals surface area contributed by atoms with Crippen LogP contribution in [0.4, 0.5) is 0 Å². The fourth-order valence-corrected chi connectivity index (χ4v) is 1.27. The number of para-hydroxylation sites is 1. The Hall–Kier alpha value is -1.28. The summed E-state index contributed by atoms with van der Waals surface area (Å²) in [5.74, 6) is 0.704. The molecule has 0 saturated carbocycles. The van der Waals surface area contributed by atoms with Crippen LogP contribution in [0.1, 0.15) is 15.9 Å². The van der Waals surface area contributed by atoms with Gasteiger partial charge in [-0.1, -0.05) is 18.2 Å². The predicted octanol–water partition coefficient (Wildman–Crippen LogP) is 2.33. The fraction of sp³-hybridized carbons (Fsp3) is 0.100. The van der Waals surface area contributed by atoms with Crippen molar-refractivity contribution in [2.24, 2.45) is 0 Å². The van der Waals surface area contributed by atoms with E-state index < -0.39 is 0 Å². The normalized spacial score (nSPS) is 12.3. The van der Waals surface area contributed by atoms with Gasteiger partial charge in [-0.05, 0) is 12.1 Å². The van der Waals surface area contributed by atoms with E-state index in [1.165, 1.54) is 0 Å². The zero-order chi connectivity index (χ0) is 8.39. The van der Waals surface area contributed by atoms with E-state index in [0.29, 0.717) is 17.9 Å². The fourth-order valence-electron chi connectivity index (χ4n) is 1.27. The van der Waals surface area contributed by atoms with Gasteiger partial charge in [0.25, 0.3) is 0 Å². The average Bonchev–Trinajstić information content (AvgIpc) is 2.17. The molecule has 1 aromatic carbocycles. The highest BCUT2D eigenvalue weighted by Gasteiger charge is 2.08. The summed E-state index contributed by atoms with van der Waals surface area (Å²) in [5, 5.41) is 0. The molecule has 0 saturated heterocycles. The second kappa shape index (κ2) is 4.10. The zero-order valence-electron chi connectivity index (χ0n) is 6.90. The number of aldehydes is 1. The molecule has 3 heteroatoms. The Bertz CT molecular complexity index is 345. The Kier molecular flexibility index (Phi) is 3.09. The minimum absolute atomic E-state index is 0. The lowest BCUT2D eigenvalue weighted by molar-refractivity contribution is 0.112. The molecule has 0 radical (unpaired) electrons. The molecule has 2 rings (SSSR count). The van der Waals surface area contributed by atoms with Gasteiger partial charge in [-0.15, -0.1) is 12.4 Å². The van der Waals surface area contributed by atoms with E-state index in [-0.39, 0.29) is 12.4 Å². The van der Waals surface area contributed by atoms with Crippen LogP contribution in [0.2, 0.25) is 0 Å². The minimum Gasteiger partial charge on any atom is -0.488 e. The molecule has 13 heavy (non-hydrogen) atoms. The van der Waals surface area contributed by atoms with Crippen molar-refractivity contribution < 1.29 is 9.53 Å². The van der Waals surface area contributed by atoms with Gasteiger partial charge in [0.05, 0.1) is 5.56 Å². The van der Waals surface area contributed by atoms with Crippen LogP contribution in [-0.2, 0) is 0 Å². The van der Waals surface area contributed by atoms with E-state index in [4.69, 9.17) is 4.74 Å². The first-order chi connectivity index (χ1) is 5.92. The molecule has 0 aliphatic carbocycles. The lowest BCUT2D eigenvalue weighted by Gasteiger charge is -2.13. The van der Waals surface area contributed by atoms with E-state index in [1.807, 2.05) is 24.3 Å². The first-order valence-electron chi connectivity index (χ1n) is 3.79. The largest absolute Gasteiger partial charge is 0.488 e. The van der Waals surface area contributed by atoms with Crippen molar-refractivity contribution in [3.05, 3.63) is 35.4 Å². The standard InChI is InChI=1S/C10H8O2.ClH/c11-7-9-4-1-3-8-5-2-6-12-10(8)9;/h1-5,7H,6H2;1H. The molecular formula is C10H9ClO2. The monoisotopic (exact) mass is 196 g/mol. The topological polar surface area (TPSA) is 26.3 Å². The molecule has 0 bridgehead atoms. The molecule has 2 nitrogen and oxygen atoms in total. The maximum absolute atomic E-state index is 10.6. The number of fused-ring (bicyclic) bond motifs is 1. The van der Waals surface area contributed by atoms with Crippen LogP contribution >= 0.6 is 12.4 Å².